The van der Waals surface area contributed by atoms with Gasteiger partial charge < -0.3 is 0 Å². The Hall–Kier alpha value is -5.12. The van der Waals surface area contributed by atoms with E-state index in [1.807, 2.05) is 0 Å². The molecule has 0 spiro atoms. The lowest BCUT2D eigenvalue weighted by Crippen LogP contribution is -2.01. The summed E-state index contributed by atoms with van der Waals surface area (Å²) in [5.74, 6) is 0. The van der Waals surface area contributed by atoms with E-state index in [-0.39, 0.29) is 0 Å². The molecule has 0 radical (unpaired) electrons. The molecule has 2 unspecified atom stereocenters. The van der Waals surface area contributed by atoms with Crippen LogP contribution in [0.4, 0.5) is 0 Å². The summed E-state index contributed by atoms with van der Waals surface area (Å²) in [4.78, 5) is 0. The molecule has 53 heavy (non-hydrogen) atoms. The first-order chi connectivity index (χ1) is 26.2. The average molecular weight is 717 g/mol. The molecule has 0 bridgehead atoms. The minimum atomic E-state index is 0.886. The van der Waals surface area contributed by atoms with Crippen LogP contribution in [0.1, 0.15) is 33.4 Å². The Morgan fingerprint density at radius 2 is 0.811 bits per heavy atom. The zero-order chi connectivity index (χ0) is 35.7. The van der Waals surface area contributed by atoms with Gasteiger partial charge in [0.1, 0.15) is 0 Å². The largest absolute Gasteiger partial charge is 0.133 e. The lowest BCUT2D eigenvalue weighted by molar-refractivity contribution is 0.939. The van der Waals surface area contributed by atoms with Gasteiger partial charge in [-0.3, -0.25) is 0 Å². The number of benzene rings is 9. The summed E-state index contributed by atoms with van der Waals surface area (Å²) in [6, 6.07) is 63.5. The van der Waals surface area contributed by atoms with E-state index in [0.29, 0.717) is 0 Å². The van der Waals surface area contributed by atoms with Crippen molar-refractivity contribution in [2.24, 2.45) is 0 Å². The van der Waals surface area contributed by atoms with Crippen LogP contribution >= 0.6 is 18.5 Å². The topological polar surface area (TPSA) is 0 Å². The van der Waals surface area contributed by atoms with Crippen molar-refractivity contribution in [2.75, 3.05) is 0 Å². The third-order valence-electron chi connectivity index (χ3n) is 11.1. The van der Waals surface area contributed by atoms with Crippen molar-refractivity contribution in [2.45, 2.75) is 31.6 Å². The van der Waals surface area contributed by atoms with Gasteiger partial charge in [-0.25, -0.2) is 0 Å². The van der Waals surface area contributed by atoms with Crippen LogP contribution in [0.15, 0.2) is 170 Å². The highest BCUT2D eigenvalue weighted by Crippen LogP contribution is 2.41. The van der Waals surface area contributed by atoms with E-state index in [1.54, 1.807) is 0 Å². The highest BCUT2D eigenvalue weighted by atomic mass is 31.0. The summed E-state index contributed by atoms with van der Waals surface area (Å²) in [7, 11) is 5.85. The molecule has 0 aliphatic carbocycles. The zero-order valence-corrected chi connectivity index (χ0v) is 32.2. The van der Waals surface area contributed by atoms with Gasteiger partial charge in [0.25, 0.3) is 0 Å². The van der Waals surface area contributed by atoms with Crippen LogP contribution in [0.5, 0.6) is 0 Å². The van der Waals surface area contributed by atoms with Gasteiger partial charge >= 0.3 is 0 Å². The second-order valence-corrected chi connectivity index (χ2v) is 15.0. The standard InChI is InChI=1S/C51H42P2/c52-32-35-21-24-40-14-8-18-47(49(40)30-35)46-17-7-13-39-23-20-34(29-48(39)46)19-22-36-9-1-2-12-41(36)31-42-27-25-37-10-3-5-15-44(37)50(42)51-43(33-53)28-26-38-11-4-6-16-45(38)51/h1-18,20-21,23-30H,19,22,31-33,52-53H2. The maximum absolute atomic E-state index is 2.98. The molecule has 0 N–H and O–H groups in total. The molecule has 9 rings (SSSR count). The van der Waals surface area contributed by atoms with Gasteiger partial charge in [0.05, 0.1) is 0 Å². The van der Waals surface area contributed by atoms with Crippen LogP contribution in [0.3, 0.4) is 0 Å². The summed E-state index contributed by atoms with van der Waals surface area (Å²) in [6.45, 7) is 0. The maximum atomic E-state index is 2.98. The SMILES string of the molecule is PCc1ccc2cccc(-c3cccc4ccc(CCc5ccccc5Cc5ccc6ccccc6c5-c5c(CP)ccc6ccccc56)cc34)c2c1. The summed E-state index contributed by atoms with van der Waals surface area (Å²) in [5, 5.41) is 10.4. The molecule has 0 aliphatic heterocycles. The third-order valence-corrected chi connectivity index (χ3v) is 12.0. The first-order valence-electron chi connectivity index (χ1n) is 18.7. The van der Waals surface area contributed by atoms with E-state index < -0.39 is 0 Å². The van der Waals surface area contributed by atoms with E-state index in [1.165, 1.54) is 98.7 Å². The molecule has 0 aliphatic rings. The lowest BCUT2D eigenvalue weighted by atomic mass is 9.85. The summed E-state index contributed by atoms with van der Waals surface area (Å²) in [6.07, 6.45) is 4.72. The van der Waals surface area contributed by atoms with E-state index in [4.69, 9.17) is 0 Å². The molecule has 9 aromatic carbocycles. The minimum absolute atomic E-state index is 0.886. The van der Waals surface area contributed by atoms with Crippen molar-refractivity contribution < 1.29 is 0 Å². The number of hydrogen-bond donors (Lipinski definition) is 0. The number of fused-ring (bicyclic) bond motifs is 4. The molecule has 0 saturated heterocycles. The van der Waals surface area contributed by atoms with Crippen LogP contribution in [0.25, 0.3) is 65.3 Å². The second kappa shape index (κ2) is 14.7. The van der Waals surface area contributed by atoms with E-state index in [2.05, 4.69) is 188 Å². The quantitative estimate of drug-likeness (QED) is 0.131. The molecule has 0 nitrogen and oxygen atoms in total. The van der Waals surface area contributed by atoms with Gasteiger partial charge in [-0.05, 0) is 130 Å². The van der Waals surface area contributed by atoms with E-state index in [9.17, 15) is 0 Å². The molecule has 256 valence electrons. The van der Waals surface area contributed by atoms with Gasteiger partial charge in [0.15, 0.2) is 0 Å². The zero-order valence-electron chi connectivity index (χ0n) is 29.9. The monoisotopic (exact) mass is 716 g/mol. The van der Waals surface area contributed by atoms with E-state index in [0.717, 1.165) is 31.6 Å². The average Bonchev–Trinajstić information content (AvgIpc) is 3.22. The Labute approximate surface area is 317 Å². The minimum Gasteiger partial charge on any atom is -0.133 e. The molecular weight excluding hydrogens is 675 g/mol. The Morgan fingerprint density at radius 3 is 1.45 bits per heavy atom. The summed E-state index contributed by atoms with van der Waals surface area (Å²) >= 11 is 0. The van der Waals surface area contributed by atoms with Crippen LogP contribution < -0.4 is 0 Å². The molecular formula is C51H42P2. The Bertz CT molecular complexity index is 2790. The van der Waals surface area contributed by atoms with Gasteiger partial charge in [0.2, 0.25) is 0 Å². The number of rotatable bonds is 9. The summed E-state index contributed by atoms with van der Waals surface area (Å²) < 4.78 is 0. The normalized spacial score (nSPS) is 11.6. The van der Waals surface area contributed by atoms with Crippen molar-refractivity contribution >= 4 is 61.6 Å². The fourth-order valence-corrected chi connectivity index (χ4v) is 8.99. The fourth-order valence-electron chi connectivity index (χ4n) is 8.39. The smallest absolute Gasteiger partial charge is 0.00167 e. The van der Waals surface area contributed by atoms with Crippen LogP contribution in [-0.4, -0.2) is 0 Å². The van der Waals surface area contributed by atoms with Gasteiger partial charge in [-0.1, -0.05) is 170 Å². The first kappa shape index (κ1) is 33.7. The predicted octanol–water partition coefficient (Wildman–Crippen LogP) is 13.8. The molecule has 2 atom stereocenters. The van der Waals surface area contributed by atoms with Crippen molar-refractivity contribution in [3.63, 3.8) is 0 Å². The molecule has 0 saturated carbocycles. The number of hydrogen-bond acceptors (Lipinski definition) is 0. The Morgan fingerprint density at radius 1 is 0.321 bits per heavy atom. The van der Waals surface area contributed by atoms with E-state index >= 15 is 0 Å². The van der Waals surface area contributed by atoms with Crippen LogP contribution in [-0.2, 0) is 31.6 Å². The second-order valence-electron chi connectivity index (χ2n) is 14.2. The van der Waals surface area contributed by atoms with Crippen molar-refractivity contribution in [3.8, 4) is 22.3 Å². The van der Waals surface area contributed by atoms with Crippen molar-refractivity contribution in [1.29, 1.82) is 0 Å². The molecule has 0 amide bonds. The molecule has 0 heterocycles. The molecule has 0 fully saturated rings. The third kappa shape index (κ3) is 6.46. The van der Waals surface area contributed by atoms with Gasteiger partial charge in [-0.15, -0.1) is 18.5 Å². The molecule has 0 aromatic heterocycles. The maximum Gasteiger partial charge on any atom is -0.00167 e. The highest BCUT2D eigenvalue weighted by Gasteiger charge is 2.18. The predicted molar refractivity (Wildman–Crippen MR) is 237 cm³/mol. The van der Waals surface area contributed by atoms with Crippen LogP contribution in [0.2, 0.25) is 0 Å². The number of aryl methyl sites for hydroxylation is 2. The first-order valence-corrected chi connectivity index (χ1v) is 20.3. The fraction of sp³-hybridized carbons (Fsp3) is 0.0980. The Balaban J connectivity index is 1.08. The van der Waals surface area contributed by atoms with Crippen LogP contribution in [0, 0.1) is 0 Å². The Kier molecular flexibility index (Phi) is 9.36. The lowest BCUT2D eigenvalue weighted by Gasteiger charge is -2.20. The molecule has 9 aromatic rings. The molecule has 2 heteroatoms. The van der Waals surface area contributed by atoms with Crippen molar-refractivity contribution in [3.05, 3.63) is 203 Å². The van der Waals surface area contributed by atoms with Gasteiger partial charge in [-0.2, -0.15) is 0 Å². The highest BCUT2D eigenvalue weighted by molar-refractivity contribution is 7.15. The summed E-state index contributed by atoms with van der Waals surface area (Å²) in [5.41, 5.74) is 13.6. The van der Waals surface area contributed by atoms with Gasteiger partial charge in [0, 0.05) is 0 Å². The van der Waals surface area contributed by atoms with Crippen molar-refractivity contribution in [1.82, 2.24) is 0 Å².